The first kappa shape index (κ1) is 19.0. The molecule has 0 aromatic carbocycles. The van der Waals surface area contributed by atoms with Gasteiger partial charge in [0.2, 0.25) is 0 Å². The molecule has 0 aromatic rings. The van der Waals surface area contributed by atoms with Crippen molar-refractivity contribution in [1.29, 1.82) is 0 Å². The summed E-state index contributed by atoms with van der Waals surface area (Å²) in [5.41, 5.74) is 0. The van der Waals surface area contributed by atoms with Crippen molar-refractivity contribution < 1.29 is 13.0 Å². The molecule has 0 saturated heterocycles. The molecule has 0 radical (unpaired) electrons. The molecule has 92 valence electrons. The molecule has 16 heavy (non-hydrogen) atoms. The van der Waals surface area contributed by atoms with E-state index in [0.29, 0.717) is 13.1 Å². The van der Waals surface area contributed by atoms with Crippen molar-refractivity contribution in [1.82, 2.24) is 4.90 Å². The Morgan fingerprint density at radius 3 is 2.38 bits per heavy atom. The molecule has 0 unspecified atom stereocenters. The first-order valence-electron chi connectivity index (χ1n) is 5.28. The molecule has 0 aliphatic heterocycles. The fourth-order valence-corrected chi connectivity index (χ4v) is 1.80. The summed E-state index contributed by atoms with van der Waals surface area (Å²) in [5.74, 6) is -0.201. The Bertz CT molecular complexity index is 267. The SMILES string of the molecule is C=CCN(CCCCC)CCS(=O)(=O)O.[NaH]. The Balaban J connectivity index is 0. The quantitative estimate of drug-likeness (QED) is 0.289. The Morgan fingerprint density at radius 2 is 1.94 bits per heavy atom. The van der Waals surface area contributed by atoms with Crippen LogP contribution in [0.2, 0.25) is 0 Å². The van der Waals surface area contributed by atoms with Gasteiger partial charge < -0.3 is 0 Å². The van der Waals surface area contributed by atoms with Gasteiger partial charge in [-0.25, -0.2) is 0 Å². The maximum atomic E-state index is 10.6. The van der Waals surface area contributed by atoms with E-state index in [1.165, 1.54) is 0 Å². The van der Waals surface area contributed by atoms with E-state index in [1.807, 2.05) is 4.90 Å². The van der Waals surface area contributed by atoms with Gasteiger partial charge in [0, 0.05) is 13.1 Å². The zero-order chi connectivity index (χ0) is 11.7. The van der Waals surface area contributed by atoms with E-state index in [2.05, 4.69) is 13.5 Å². The average molecular weight is 259 g/mol. The zero-order valence-corrected chi connectivity index (χ0v) is 10.2. The van der Waals surface area contributed by atoms with Gasteiger partial charge in [0.1, 0.15) is 0 Å². The van der Waals surface area contributed by atoms with Crippen molar-refractivity contribution in [3.8, 4) is 0 Å². The van der Waals surface area contributed by atoms with Crippen LogP contribution in [0.25, 0.3) is 0 Å². The molecule has 4 nitrogen and oxygen atoms in total. The fourth-order valence-electron chi connectivity index (χ4n) is 1.31. The summed E-state index contributed by atoms with van der Waals surface area (Å²) in [6, 6.07) is 0. The van der Waals surface area contributed by atoms with E-state index >= 15 is 0 Å². The van der Waals surface area contributed by atoms with Gasteiger partial charge in [-0.2, -0.15) is 8.42 Å². The molecular formula is C10H22NNaO3S. The maximum absolute atomic E-state index is 10.6. The molecule has 1 N–H and O–H groups in total. The minimum absolute atomic E-state index is 0. The van der Waals surface area contributed by atoms with E-state index in [1.54, 1.807) is 6.08 Å². The summed E-state index contributed by atoms with van der Waals surface area (Å²) in [4.78, 5) is 1.98. The van der Waals surface area contributed by atoms with Gasteiger partial charge in [-0.1, -0.05) is 25.8 Å². The molecule has 0 spiro atoms. The molecule has 0 saturated carbocycles. The van der Waals surface area contributed by atoms with Crippen LogP contribution in [0.5, 0.6) is 0 Å². The van der Waals surface area contributed by atoms with Crippen molar-refractivity contribution in [2.75, 3.05) is 25.4 Å². The molecule has 0 heterocycles. The van der Waals surface area contributed by atoms with E-state index in [4.69, 9.17) is 4.55 Å². The van der Waals surface area contributed by atoms with Crippen LogP contribution >= 0.6 is 0 Å². The normalized spacial score (nSPS) is 11.2. The van der Waals surface area contributed by atoms with Gasteiger partial charge in [-0.05, 0) is 13.0 Å². The van der Waals surface area contributed by atoms with Crippen LogP contribution in [-0.4, -0.2) is 72.8 Å². The van der Waals surface area contributed by atoms with E-state index < -0.39 is 10.1 Å². The van der Waals surface area contributed by atoms with Crippen LogP contribution in [0.15, 0.2) is 12.7 Å². The Morgan fingerprint density at radius 1 is 1.31 bits per heavy atom. The summed E-state index contributed by atoms with van der Waals surface area (Å²) in [6.45, 7) is 7.63. The van der Waals surface area contributed by atoms with Crippen molar-refractivity contribution >= 4 is 39.7 Å². The topological polar surface area (TPSA) is 57.6 Å². The van der Waals surface area contributed by atoms with Crippen LogP contribution in [0.4, 0.5) is 0 Å². The van der Waals surface area contributed by atoms with Crippen LogP contribution in [0.1, 0.15) is 26.2 Å². The van der Waals surface area contributed by atoms with Crippen LogP contribution in [0, 0.1) is 0 Å². The third kappa shape index (κ3) is 12.7. The molecule has 0 fully saturated rings. The molecule has 0 bridgehead atoms. The second kappa shape index (κ2) is 10.7. The van der Waals surface area contributed by atoms with Crippen molar-refractivity contribution in [2.24, 2.45) is 0 Å². The van der Waals surface area contributed by atoms with Crippen molar-refractivity contribution in [3.05, 3.63) is 12.7 Å². The molecule has 0 rings (SSSR count). The van der Waals surface area contributed by atoms with E-state index in [9.17, 15) is 8.42 Å². The number of hydrogen-bond donors (Lipinski definition) is 1. The second-order valence-corrected chi connectivity index (χ2v) is 5.15. The first-order chi connectivity index (χ1) is 6.99. The summed E-state index contributed by atoms with van der Waals surface area (Å²) < 4.78 is 29.8. The van der Waals surface area contributed by atoms with Crippen molar-refractivity contribution in [2.45, 2.75) is 26.2 Å². The Hall–Kier alpha value is 0.610. The second-order valence-electron chi connectivity index (χ2n) is 3.58. The van der Waals surface area contributed by atoms with Gasteiger partial charge in [-0.15, -0.1) is 6.58 Å². The Labute approximate surface area is 121 Å². The van der Waals surface area contributed by atoms with Crippen LogP contribution in [0.3, 0.4) is 0 Å². The Kier molecular flexibility index (Phi) is 12.7. The van der Waals surface area contributed by atoms with Crippen LogP contribution in [-0.2, 0) is 10.1 Å². The van der Waals surface area contributed by atoms with Crippen molar-refractivity contribution in [3.63, 3.8) is 0 Å². The first-order valence-corrected chi connectivity index (χ1v) is 6.89. The average Bonchev–Trinajstić information content (AvgIpc) is 2.13. The summed E-state index contributed by atoms with van der Waals surface area (Å²) in [7, 11) is -3.84. The predicted octanol–water partition coefficient (Wildman–Crippen LogP) is 0.904. The summed E-state index contributed by atoms with van der Waals surface area (Å²) in [6.07, 6.45) is 5.07. The minimum atomic E-state index is -3.84. The van der Waals surface area contributed by atoms with E-state index in [0.717, 1.165) is 25.8 Å². The molecule has 0 amide bonds. The summed E-state index contributed by atoms with van der Waals surface area (Å²) in [5, 5.41) is 0. The van der Waals surface area contributed by atoms with Gasteiger partial charge in [-0.3, -0.25) is 9.45 Å². The molecular weight excluding hydrogens is 237 g/mol. The number of hydrogen-bond acceptors (Lipinski definition) is 3. The number of nitrogens with zero attached hydrogens (tertiary/aromatic N) is 1. The standard InChI is InChI=1S/C10H21NO3S.Na.H/c1-3-5-6-8-11(7-4-2)9-10-15(12,13)14;;/h4H,2-3,5-10H2,1H3,(H,12,13,14);;. The summed E-state index contributed by atoms with van der Waals surface area (Å²) >= 11 is 0. The van der Waals surface area contributed by atoms with E-state index in [-0.39, 0.29) is 35.3 Å². The molecule has 0 aliphatic carbocycles. The van der Waals surface area contributed by atoms with Gasteiger partial charge >= 0.3 is 29.6 Å². The third-order valence-corrected chi connectivity index (χ3v) is 2.83. The monoisotopic (exact) mass is 259 g/mol. The molecule has 6 heteroatoms. The zero-order valence-electron chi connectivity index (χ0n) is 9.35. The predicted molar refractivity (Wildman–Crippen MR) is 69.7 cm³/mol. The third-order valence-electron chi connectivity index (χ3n) is 2.13. The molecule has 0 atom stereocenters. The molecule has 0 aromatic heterocycles. The van der Waals surface area contributed by atoms with Crippen LogP contribution < -0.4 is 0 Å². The van der Waals surface area contributed by atoms with Gasteiger partial charge in [0.25, 0.3) is 10.1 Å². The van der Waals surface area contributed by atoms with Gasteiger partial charge in [0.05, 0.1) is 5.75 Å². The van der Waals surface area contributed by atoms with Gasteiger partial charge in [0.15, 0.2) is 0 Å². The number of rotatable bonds is 9. The fraction of sp³-hybridized carbons (Fsp3) is 0.800. The number of unbranched alkanes of at least 4 members (excludes halogenated alkanes) is 2. The molecule has 0 aliphatic rings.